The number of pyridine rings is 2. The molecule has 0 saturated heterocycles. The summed E-state index contributed by atoms with van der Waals surface area (Å²) in [6.07, 6.45) is 1.99. The zero-order chi connectivity index (χ0) is 26.5. The minimum Gasteiger partial charge on any atom is -0.489 e. The van der Waals surface area contributed by atoms with Crippen molar-refractivity contribution in [2.75, 3.05) is 5.32 Å². The van der Waals surface area contributed by atoms with Crippen LogP contribution >= 0.6 is 11.8 Å². The van der Waals surface area contributed by atoms with Crippen LogP contribution in [0.15, 0.2) is 101 Å². The van der Waals surface area contributed by atoms with E-state index in [4.69, 9.17) is 10.5 Å². The van der Waals surface area contributed by atoms with Gasteiger partial charge in [-0.15, -0.1) is 0 Å². The van der Waals surface area contributed by atoms with Gasteiger partial charge in [0.25, 0.3) is 0 Å². The Labute approximate surface area is 226 Å². The van der Waals surface area contributed by atoms with Crippen molar-refractivity contribution < 1.29 is 9.53 Å². The van der Waals surface area contributed by atoms with Crippen LogP contribution in [0.4, 0.5) is 11.4 Å². The molecule has 2 aromatic heterocycles. The predicted octanol–water partition coefficient (Wildman–Crippen LogP) is 6.75. The summed E-state index contributed by atoms with van der Waals surface area (Å²) in [4.78, 5) is 22.3. The first-order valence-electron chi connectivity index (χ1n) is 12.3. The molecule has 0 unspecified atom stereocenters. The van der Waals surface area contributed by atoms with Crippen LogP contribution < -0.4 is 15.8 Å². The third-order valence-corrected chi connectivity index (χ3v) is 7.23. The van der Waals surface area contributed by atoms with Crippen LogP contribution in [0, 0.1) is 13.8 Å². The molecular weight excluding hydrogens is 492 g/mol. The number of carbonyl (C=O) groups is 1. The summed E-state index contributed by atoms with van der Waals surface area (Å²) in [6, 6.07) is 28.1. The Kier molecular flexibility index (Phi) is 7.56. The maximum Gasteiger partial charge on any atom is 0.221 e. The van der Waals surface area contributed by atoms with E-state index in [0.717, 1.165) is 49.1 Å². The van der Waals surface area contributed by atoms with Crippen molar-refractivity contribution in [1.29, 1.82) is 0 Å². The highest BCUT2D eigenvalue weighted by Gasteiger charge is 2.11. The molecule has 0 fully saturated rings. The molecule has 0 saturated carbocycles. The number of carbonyl (C=O) groups excluding carboxylic acids is 1. The first-order chi connectivity index (χ1) is 18.4. The zero-order valence-electron chi connectivity index (χ0n) is 21.3. The monoisotopic (exact) mass is 520 g/mol. The summed E-state index contributed by atoms with van der Waals surface area (Å²) in [5.41, 5.74) is 12.0. The number of benzene rings is 3. The van der Waals surface area contributed by atoms with Crippen LogP contribution in [0.2, 0.25) is 0 Å². The minimum atomic E-state index is -0.340. The number of amides is 1. The minimum absolute atomic E-state index is 0.229. The van der Waals surface area contributed by atoms with E-state index in [0.29, 0.717) is 12.3 Å². The summed E-state index contributed by atoms with van der Waals surface area (Å²) < 4.78 is 6.19. The molecule has 0 atom stereocenters. The number of rotatable bonds is 9. The normalized spacial score (nSPS) is 10.9. The fourth-order valence-corrected chi connectivity index (χ4v) is 4.98. The average molecular weight is 521 g/mol. The predicted molar refractivity (Wildman–Crippen MR) is 153 cm³/mol. The largest absolute Gasteiger partial charge is 0.489 e. The molecule has 2 heterocycles. The number of aromatic nitrogens is 2. The third-order valence-electron chi connectivity index (χ3n) is 6.15. The molecule has 1 amide bonds. The number of primary amides is 1. The van der Waals surface area contributed by atoms with Crippen molar-refractivity contribution in [2.45, 2.75) is 36.7 Å². The van der Waals surface area contributed by atoms with E-state index >= 15 is 0 Å². The number of nitrogens with two attached hydrogens (primary N) is 1. The van der Waals surface area contributed by atoms with Crippen LogP contribution in [0.25, 0.3) is 11.0 Å². The fraction of sp³-hybridized carbons (Fsp3) is 0.129. The van der Waals surface area contributed by atoms with Crippen molar-refractivity contribution >= 4 is 40.1 Å². The van der Waals surface area contributed by atoms with Crippen molar-refractivity contribution in [3.8, 4) is 5.75 Å². The molecule has 0 aliphatic rings. The van der Waals surface area contributed by atoms with E-state index in [1.807, 2.05) is 73.7 Å². The molecule has 5 rings (SSSR count). The Morgan fingerprint density at radius 1 is 0.947 bits per heavy atom. The Hall–Kier alpha value is -4.36. The number of fused-ring (bicyclic) bond motifs is 1. The van der Waals surface area contributed by atoms with Gasteiger partial charge in [-0.2, -0.15) is 0 Å². The summed E-state index contributed by atoms with van der Waals surface area (Å²) >= 11 is 1.63. The fourth-order valence-electron chi connectivity index (χ4n) is 4.10. The number of hydrogen-bond donors (Lipinski definition) is 2. The van der Waals surface area contributed by atoms with Crippen molar-refractivity contribution in [3.63, 3.8) is 0 Å². The molecule has 190 valence electrons. The van der Waals surface area contributed by atoms with Gasteiger partial charge in [-0.25, -0.2) is 9.97 Å². The van der Waals surface area contributed by atoms with Crippen molar-refractivity contribution in [1.82, 2.24) is 9.97 Å². The summed E-state index contributed by atoms with van der Waals surface area (Å²) in [5.74, 6) is 0.427. The number of ether oxygens (including phenoxy) is 1. The molecule has 7 heteroatoms. The van der Waals surface area contributed by atoms with Crippen LogP contribution in [0.5, 0.6) is 5.75 Å². The molecule has 3 aromatic carbocycles. The van der Waals surface area contributed by atoms with Crippen LogP contribution in [-0.4, -0.2) is 15.9 Å². The standard InChI is InChI=1S/C31H28N4O2S/c1-20-5-3-4-6-23(20)19-37-24-10-14-29(38-25-11-8-22(9-12-25)17-30(32)36)28(18-24)35-27-15-16-33-31-26(27)13-7-21(2)34-31/h3-16,18H,17,19H2,1-2H3,(H2,32,36)(H,33,34,35). The van der Waals surface area contributed by atoms with Crippen LogP contribution in [0.1, 0.15) is 22.4 Å². The lowest BCUT2D eigenvalue weighted by molar-refractivity contribution is -0.117. The molecule has 5 aromatic rings. The van der Waals surface area contributed by atoms with E-state index in [1.165, 1.54) is 5.56 Å². The van der Waals surface area contributed by atoms with Gasteiger partial charge in [0.15, 0.2) is 5.65 Å². The Morgan fingerprint density at radius 3 is 2.55 bits per heavy atom. The molecule has 38 heavy (non-hydrogen) atoms. The summed E-state index contributed by atoms with van der Waals surface area (Å²) in [6.45, 7) is 4.53. The van der Waals surface area contributed by atoms with Crippen LogP contribution in [0.3, 0.4) is 0 Å². The number of anilines is 2. The summed E-state index contributed by atoms with van der Waals surface area (Å²) in [5, 5.41) is 4.54. The van der Waals surface area contributed by atoms with Gasteiger partial charge in [-0.1, -0.05) is 48.2 Å². The maximum absolute atomic E-state index is 11.3. The van der Waals surface area contributed by atoms with E-state index in [-0.39, 0.29) is 12.3 Å². The molecule has 6 nitrogen and oxygen atoms in total. The third kappa shape index (κ3) is 6.12. The molecule has 0 aliphatic heterocycles. The summed E-state index contributed by atoms with van der Waals surface area (Å²) in [7, 11) is 0. The van der Waals surface area contributed by atoms with E-state index < -0.39 is 0 Å². The molecule has 0 bridgehead atoms. The lowest BCUT2D eigenvalue weighted by Crippen LogP contribution is -2.13. The van der Waals surface area contributed by atoms with Gasteiger partial charge in [0, 0.05) is 33.1 Å². The zero-order valence-corrected chi connectivity index (χ0v) is 22.1. The Morgan fingerprint density at radius 2 is 1.76 bits per heavy atom. The number of nitrogens with zero attached hydrogens (tertiary/aromatic N) is 2. The van der Waals surface area contributed by atoms with E-state index in [9.17, 15) is 4.79 Å². The van der Waals surface area contributed by atoms with Crippen LogP contribution in [-0.2, 0) is 17.8 Å². The van der Waals surface area contributed by atoms with Crippen molar-refractivity contribution in [2.24, 2.45) is 5.73 Å². The van der Waals surface area contributed by atoms with Gasteiger partial charge in [-0.3, -0.25) is 4.79 Å². The van der Waals surface area contributed by atoms with Gasteiger partial charge in [-0.05, 0) is 73.0 Å². The van der Waals surface area contributed by atoms with Gasteiger partial charge in [0.2, 0.25) is 5.91 Å². The van der Waals surface area contributed by atoms with E-state index in [1.54, 1.807) is 18.0 Å². The lowest BCUT2D eigenvalue weighted by Gasteiger charge is -2.16. The highest BCUT2D eigenvalue weighted by atomic mass is 32.2. The quantitative estimate of drug-likeness (QED) is 0.223. The highest BCUT2D eigenvalue weighted by molar-refractivity contribution is 7.99. The molecule has 0 aliphatic carbocycles. The molecule has 0 spiro atoms. The van der Waals surface area contributed by atoms with Gasteiger partial charge in [0.05, 0.1) is 17.8 Å². The van der Waals surface area contributed by atoms with E-state index in [2.05, 4.69) is 40.4 Å². The molecule has 0 radical (unpaired) electrons. The second-order valence-electron chi connectivity index (χ2n) is 9.07. The average Bonchev–Trinajstić information content (AvgIpc) is 2.90. The van der Waals surface area contributed by atoms with Gasteiger partial charge in [0.1, 0.15) is 12.4 Å². The second kappa shape index (κ2) is 11.4. The molecular formula is C31H28N4O2S. The van der Waals surface area contributed by atoms with Gasteiger partial charge >= 0.3 is 0 Å². The number of hydrogen-bond acceptors (Lipinski definition) is 6. The Balaban J connectivity index is 1.46. The maximum atomic E-state index is 11.3. The van der Waals surface area contributed by atoms with Crippen molar-refractivity contribution in [3.05, 3.63) is 114 Å². The number of nitrogens with one attached hydrogen (secondary N) is 1. The molecule has 3 N–H and O–H groups in total. The first kappa shape index (κ1) is 25.3. The smallest absolute Gasteiger partial charge is 0.221 e. The Bertz CT molecular complexity index is 1600. The number of aryl methyl sites for hydroxylation is 2. The highest BCUT2D eigenvalue weighted by Crippen LogP contribution is 2.38. The first-order valence-corrected chi connectivity index (χ1v) is 13.1. The topological polar surface area (TPSA) is 90.1 Å². The lowest BCUT2D eigenvalue weighted by atomic mass is 10.1. The second-order valence-corrected chi connectivity index (χ2v) is 10.2. The van der Waals surface area contributed by atoms with Gasteiger partial charge < -0.3 is 15.8 Å². The SMILES string of the molecule is Cc1ccc2c(Nc3cc(OCc4ccccc4C)ccc3Sc3ccc(CC(N)=O)cc3)ccnc2n1.